The van der Waals surface area contributed by atoms with Crippen molar-refractivity contribution >= 4 is 5.95 Å². The molecule has 0 amide bonds. The van der Waals surface area contributed by atoms with Gasteiger partial charge < -0.3 is 14.7 Å². The minimum absolute atomic E-state index is 0.372. The molecule has 1 saturated heterocycles. The SMILES string of the molecule is CCN(CC)c1noc(C2CNCC2C)n1. The van der Waals surface area contributed by atoms with E-state index in [9.17, 15) is 0 Å². The van der Waals surface area contributed by atoms with E-state index < -0.39 is 0 Å². The monoisotopic (exact) mass is 224 g/mol. The average Bonchev–Trinajstić information content (AvgIpc) is 2.89. The Bertz CT molecular complexity index is 334. The van der Waals surface area contributed by atoms with Gasteiger partial charge in [-0.2, -0.15) is 4.98 Å². The number of aromatic nitrogens is 2. The first kappa shape index (κ1) is 11.4. The highest BCUT2D eigenvalue weighted by atomic mass is 16.5. The van der Waals surface area contributed by atoms with Crippen molar-refractivity contribution in [2.75, 3.05) is 31.1 Å². The van der Waals surface area contributed by atoms with Crippen LogP contribution in [-0.4, -0.2) is 36.3 Å². The van der Waals surface area contributed by atoms with E-state index in [-0.39, 0.29) is 0 Å². The maximum atomic E-state index is 5.36. The summed E-state index contributed by atoms with van der Waals surface area (Å²) < 4.78 is 5.36. The number of nitrogens with one attached hydrogen (secondary N) is 1. The van der Waals surface area contributed by atoms with Crippen molar-refractivity contribution < 1.29 is 4.52 Å². The molecule has 0 saturated carbocycles. The van der Waals surface area contributed by atoms with Gasteiger partial charge in [0.1, 0.15) is 0 Å². The number of anilines is 1. The summed E-state index contributed by atoms with van der Waals surface area (Å²) in [4.78, 5) is 6.59. The number of hydrogen-bond donors (Lipinski definition) is 1. The average molecular weight is 224 g/mol. The van der Waals surface area contributed by atoms with E-state index in [0.717, 1.165) is 38.0 Å². The van der Waals surface area contributed by atoms with Crippen LogP contribution in [0.4, 0.5) is 5.95 Å². The topological polar surface area (TPSA) is 54.2 Å². The molecule has 90 valence electrons. The maximum absolute atomic E-state index is 5.36. The molecule has 5 nitrogen and oxygen atoms in total. The summed E-state index contributed by atoms with van der Waals surface area (Å²) in [7, 11) is 0. The highest BCUT2D eigenvalue weighted by molar-refractivity contribution is 5.27. The summed E-state index contributed by atoms with van der Waals surface area (Å²) in [5, 5.41) is 7.39. The van der Waals surface area contributed by atoms with Gasteiger partial charge in [0.2, 0.25) is 5.89 Å². The van der Waals surface area contributed by atoms with Crippen molar-refractivity contribution in [1.82, 2.24) is 15.5 Å². The molecule has 1 aliphatic heterocycles. The Morgan fingerprint density at radius 3 is 2.69 bits per heavy atom. The summed E-state index contributed by atoms with van der Waals surface area (Å²) in [6.45, 7) is 10.2. The molecule has 1 aliphatic rings. The van der Waals surface area contributed by atoms with E-state index in [2.05, 4.69) is 41.1 Å². The van der Waals surface area contributed by atoms with Gasteiger partial charge >= 0.3 is 0 Å². The Morgan fingerprint density at radius 1 is 1.38 bits per heavy atom. The lowest BCUT2D eigenvalue weighted by molar-refractivity contribution is 0.339. The molecule has 2 unspecified atom stereocenters. The van der Waals surface area contributed by atoms with Crippen LogP contribution in [-0.2, 0) is 0 Å². The van der Waals surface area contributed by atoms with Crippen LogP contribution in [0.5, 0.6) is 0 Å². The molecule has 2 atom stereocenters. The second kappa shape index (κ2) is 4.82. The van der Waals surface area contributed by atoms with Gasteiger partial charge in [0.15, 0.2) is 0 Å². The molecule has 16 heavy (non-hydrogen) atoms. The van der Waals surface area contributed by atoms with Crippen molar-refractivity contribution in [2.45, 2.75) is 26.7 Å². The number of nitrogens with zero attached hydrogens (tertiary/aromatic N) is 3. The van der Waals surface area contributed by atoms with E-state index in [0.29, 0.717) is 11.8 Å². The minimum Gasteiger partial charge on any atom is -0.339 e. The fraction of sp³-hybridized carbons (Fsp3) is 0.818. The zero-order valence-electron chi connectivity index (χ0n) is 10.2. The molecule has 1 aromatic heterocycles. The van der Waals surface area contributed by atoms with Crippen LogP contribution in [0.1, 0.15) is 32.6 Å². The molecule has 0 aliphatic carbocycles. The van der Waals surface area contributed by atoms with Crippen LogP contribution in [0.2, 0.25) is 0 Å². The van der Waals surface area contributed by atoms with Crippen molar-refractivity contribution in [3.8, 4) is 0 Å². The van der Waals surface area contributed by atoms with Crippen molar-refractivity contribution in [2.24, 2.45) is 5.92 Å². The number of hydrogen-bond acceptors (Lipinski definition) is 5. The lowest BCUT2D eigenvalue weighted by atomic mass is 9.98. The summed E-state index contributed by atoms with van der Waals surface area (Å²) in [6, 6.07) is 0. The molecule has 5 heteroatoms. The van der Waals surface area contributed by atoms with Crippen LogP contribution < -0.4 is 10.2 Å². The molecule has 0 spiro atoms. The standard InChI is InChI=1S/C11H20N4O/c1-4-15(5-2)11-13-10(16-14-11)9-7-12-6-8(9)3/h8-9,12H,4-7H2,1-3H3. The zero-order valence-corrected chi connectivity index (χ0v) is 10.2. The predicted octanol–water partition coefficient (Wildman–Crippen LogP) is 1.24. The first-order valence-electron chi connectivity index (χ1n) is 6.05. The Balaban J connectivity index is 2.12. The van der Waals surface area contributed by atoms with Gasteiger partial charge in [-0.1, -0.05) is 6.92 Å². The third-order valence-electron chi connectivity index (χ3n) is 3.31. The lowest BCUT2D eigenvalue weighted by Crippen LogP contribution is -2.23. The van der Waals surface area contributed by atoms with Gasteiger partial charge in [-0.3, -0.25) is 0 Å². The molecule has 0 bridgehead atoms. The third kappa shape index (κ3) is 2.04. The van der Waals surface area contributed by atoms with Gasteiger partial charge in [0.25, 0.3) is 5.95 Å². The molecular weight excluding hydrogens is 204 g/mol. The predicted molar refractivity (Wildman–Crippen MR) is 62.6 cm³/mol. The van der Waals surface area contributed by atoms with E-state index >= 15 is 0 Å². The molecule has 2 heterocycles. The van der Waals surface area contributed by atoms with Gasteiger partial charge in [0, 0.05) is 19.6 Å². The van der Waals surface area contributed by atoms with Crippen molar-refractivity contribution in [3.63, 3.8) is 0 Å². The molecule has 1 N–H and O–H groups in total. The van der Waals surface area contributed by atoms with E-state index in [1.54, 1.807) is 0 Å². The Kier molecular flexibility index (Phi) is 3.43. The highest BCUT2D eigenvalue weighted by Crippen LogP contribution is 2.27. The minimum atomic E-state index is 0.372. The van der Waals surface area contributed by atoms with Crippen molar-refractivity contribution in [3.05, 3.63) is 5.89 Å². The van der Waals surface area contributed by atoms with Crippen LogP contribution in [0.25, 0.3) is 0 Å². The van der Waals surface area contributed by atoms with E-state index in [1.807, 2.05) is 0 Å². The van der Waals surface area contributed by atoms with Gasteiger partial charge in [0.05, 0.1) is 5.92 Å². The largest absolute Gasteiger partial charge is 0.339 e. The Labute approximate surface area is 96.2 Å². The van der Waals surface area contributed by atoms with Crippen LogP contribution in [0, 0.1) is 5.92 Å². The third-order valence-corrected chi connectivity index (χ3v) is 3.31. The first-order valence-corrected chi connectivity index (χ1v) is 6.05. The summed E-state index contributed by atoms with van der Waals surface area (Å²) in [5.41, 5.74) is 0. The summed E-state index contributed by atoms with van der Waals surface area (Å²) in [5.74, 6) is 2.44. The quantitative estimate of drug-likeness (QED) is 0.834. The van der Waals surface area contributed by atoms with Gasteiger partial charge in [-0.15, -0.1) is 0 Å². The fourth-order valence-electron chi connectivity index (χ4n) is 2.15. The molecule has 1 aromatic rings. The molecule has 0 radical (unpaired) electrons. The Hall–Kier alpha value is -1.10. The van der Waals surface area contributed by atoms with Gasteiger partial charge in [-0.25, -0.2) is 0 Å². The first-order chi connectivity index (χ1) is 7.76. The van der Waals surface area contributed by atoms with Crippen LogP contribution in [0.15, 0.2) is 4.52 Å². The normalized spacial score (nSPS) is 24.9. The van der Waals surface area contributed by atoms with E-state index in [1.165, 1.54) is 0 Å². The lowest BCUT2D eigenvalue weighted by Gasteiger charge is -2.14. The Morgan fingerprint density at radius 2 is 2.12 bits per heavy atom. The van der Waals surface area contributed by atoms with E-state index in [4.69, 9.17) is 4.52 Å². The summed E-state index contributed by atoms with van der Waals surface area (Å²) >= 11 is 0. The molecular formula is C11H20N4O. The molecule has 1 fully saturated rings. The van der Waals surface area contributed by atoms with Crippen LogP contribution >= 0.6 is 0 Å². The second-order valence-corrected chi connectivity index (χ2v) is 4.35. The highest BCUT2D eigenvalue weighted by Gasteiger charge is 2.29. The van der Waals surface area contributed by atoms with Crippen LogP contribution in [0.3, 0.4) is 0 Å². The fourth-order valence-corrected chi connectivity index (χ4v) is 2.15. The van der Waals surface area contributed by atoms with Crippen molar-refractivity contribution in [1.29, 1.82) is 0 Å². The second-order valence-electron chi connectivity index (χ2n) is 4.35. The summed E-state index contributed by atoms with van der Waals surface area (Å²) in [6.07, 6.45) is 0. The van der Waals surface area contributed by atoms with Gasteiger partial charge in [-0.05, 0) is 31.5 Å². The maximum Gasteiger partial charge on any atom is 0.266 e. The zero-order chi connectivity index (χ0) is 11.5. The molecule has 0 aromatic carbocycles. The molecule has 2 rings (SSSR count). The smallest absolute Gasteiger partial charge is 0.266 e. The number of rotatable bonds is 4.